The molecule has 0 aliphatic rings. The monoisotopic (exact) mass is 295 g/mol. The third kappa shape index (κ3) is 3.82. The lowest BCUT2D eigenvalue weighted by Crippen LogP contribution is -2.40. The van der Waals surface area contributed by atoms with Crippen LogP contribution >= 0.6 is 0 Å². The average Bonchev–Trinajstić information content (AvgIpc) is 2.55. The van der Waals surface area contributed by atoms with Crippen LogP contribution in [0.1, 0.15) is 16.8 Å². The molecule has 0 aromatic heterocycles. The van der Waals surface area contributed by atoms with E-state index in [1.165, 1.54) is 6.08 Å². The Balaban J connectivity index is 2.11. The van der Waals surface area contributed by atoms with Gasteiger partial charge in [-0.25, -0.2) is 4.79 Å². The van der Waals surface area contributed by atoms with Crippen molar-refractivity contribution in [2.45, 2.75) is 12.5 Å². The molecule has 0 aliphatic heterocycles. The van der Waals surface area contributed by atoms with Gasteiger partial charge in [-0.1, -0.05) is 48.5 Å². The summed E-state index contributed by atoms with van der Waals surface area (Å²) < 4.78 is 0. The lowest BCUT2D eigenvalue weighted by atomic mass is 10.0. The Hall–Kier alpha value is -2.88. The Kier molecular flexibility index (Phi) is 5.09. The first kappa shape index (κ1) is 15.5. The van der Waals surface area contributed by atoms with E-state index in [9.17, 15) is 9.59 Å². The largest absolute Gasteiger partial charge is 0.480 e. The minimum absolute atomic E-state index is 0.184. The van der Waals surface area contributed by atoms with Gasteiger partial charge in [0.25, 0.3) is 5.91 Å². The molecule has 0 radical (unpaired) electrons. The van der Waals surface area contributed by atoms with Crippen molar-refractivity contribution >= 4 is 11.9 Å². The Morgan fingerprint density at radius 1 is 1.05 bits per heavy atom. The standard InChI is InChI=1S/C18H17NO3/c1-2-6-16(18(21)22)19-17(20)15-11-9-14(10-12-15)13-7-4-3-5-8-13/h2-5,7-12,16H,1,6H2,(H,19,20)(H,21,22)/t16-/m0/s1. The number of carboxylic acids is 1. The van der Waals surface area contributed by atoms with Gasteiger partial charge >= 0.3 is 5.97 Å². The molecule has 112 valence electrons. The highest BCUT2D eigenvalue weighted by molar-refractivity contribution is 5.97. The van der Waals surface area contributed by atoms with E-state index in [0.29, 0.717) is 5.56 Å². The molecule has 0 unspecified atom stereocenters. The van der Waals surface area contributed by atoms with Crippen LogP contribution in [0.2, 0.25) is 0 Å². The molecular formula is C18H17NO3. The van der Waals surface area contributed by atoms with Crippen LogP contribution in [0.25, 0.3) is 11.1 Å². The van der Waals surface area contributed by atoms with Crippen LogP contribution in [-0.4, -0.2) is 23.0 Å². The SMILES string of the molecule is C=CC[C@H](NC(=O)c1ccc(-c2ccccc2)cc1)C(=O)O. The van der Waals surface area contributed by atoms with E-state index >= 15 is 0 Å². The van der Waals surface area contributed by atoms with Crippen molar-refractivity contribution in [3.05, 3.63) is 72.8 Å². The molecule has 2 N–H and O–H groups in total. The van der Waals surface area contributed by atoms with Gasteiger partial charge in [-0.2, -0.15) is 0 Å². The average molecular weight is 295 g/mol. The Labute approximate surface area is 129 Å². The van der Waals surface area contributed by atoms with Gasteiger partial charge < -0.3 is 10.4 Å². The number of carboxylic acid groups (broad SMARTS) is 1. The maximum Gasteiger partial charge on any atom is 0.326 e. The third-order valence-corrected chi connectivity index (χ3v) is 3.26. The van der Waals surface area contributed by atoms with E-state index in [1.54, 1.807) is 12.1 Å². The number of hydrogen-bond donors (Lipinski definition) is 2. The number of rotatable bonds is 6. The van der Waals surface area contributed by atoms with E-state index < -0.39 is 17.9 Å². The number of benzene rings is 2. The number of amides is 1. The topological polar surface area (TPSA) is 66.4 Å². The van der Waals surface area contributed by atoms with Crippen molar-refractivity contribution in [1.82, 2.24) is 5.32 Å². The molecule has 0 heterocycles. The Morgan fingerprint density at radius 3 is 2.18 bits per heavy atom. The lowest BCUT2D eigenvalue weighted by molar-refractivity contribution is -0.139. The highest BCUT2D eigenvalue weighted by Crippen LogP contribution is 2.19. The van der Waals surface area contributed by atoms with Crippen LogP contribution in [0.4, 0.5) is 0 Å². The molecule has 0 bridgehead atoms. The summed E-state index contributed by atoms with van der Waals surface area (Å²) in [5.41, 5.74) is 2.48. The van der Waals surface area contributed by atoms with Gasteiger partial charge in [-0.3, -0.25) is 4.79 Å². The minimum atomic E-state index is -1.07. The summed E-state index contributed by atoms with van der Waals surface area (Å²) in [6.07, 6.45) is 1.65. The first-order valence-corrected chi connectivity index (χ1v) is 6.92. The van der Waals surface area contributed by atoms with Gasteiger partial charge in [0.15, 0.2) is 0 Å². The van der Waals surface area contributed by atoms with Crippen molar-refractivity contribution in [2.75, 3.05) is 0 Å². The van der Waals surface area contributed by atoms with Crippen molar-refractivity contribution in [1.29, 1.82) is 0 Å². The summed E-state index contributed by atoms with van der Waals surface area (Å²) >= 11 is 0. The first-order chi connectivity index (χ1) is 10.6. The molecular weight excluding hydrogens is 278 g/mol. The molecule has 1 amide bonds. The molecule has 0 aliphatic carbocycles. The number of carbonyl (C=O) groups is 2. The molecule has 1 atom stereocenters. The zero-order valence-corrected chi connectivity index (χ0v) is 12.0. The van der Waals surface area contributed by atoms with Gasteiger partial charge in [-0.05, 0) is 29.7 Å². The second-order valence-electron chi connectivity index (χ2n) is 4.83. The summed E-state index contributed by atoms with van der Waals surface area (Å²) in [5, 5.41) is 11.5. The Morgan fingerprint density at radius 2 is 1.64 bits per heavy atom. The van der Waals surface area contributed by atoms with E-state index in [-0.39, 0.29) is 6.42 Å². The molecule has 2 aromatic carbocycles. The molecule has 2 aromatic rings. The molecule has 0 saturated carbocycles. The molecule has 2 rings (SSSR count). The van der Waals surface area contributed by atoms with Gasteiger partial charge in [0.2, 0.25) is 0 Å². The van der Waals surface area contributed by atoms with Gasteiger partial charge in [0.05, 0.1) is 0 Å². The fraction of sp³-hybridized carbons (Fsp3) is 0.111. The summed E-state index contributed by atoms with van der Waals surface area (Å²) in [5.74, 6) is -1.48. The zero-order chi connectivity index (χ0) is 15.9. The van der Waals surface area contributed by atoms with E-state index in [1.807, 2.05) is 42.5 Å². The van der Waals surface area contributed by atoms with Crippen LogP contribution < -0.4 is 5.32 Å². The van der Waals surface area contributed by atoms with E-state index in [4.69, 9.17) is 5.11 Å². The number of carbonyl (C=O) groups excluding carboxylic acids is 1. The van der Waals surface area contributed by atoms with Gasteiger partial charge in [-0.15, -0.1) is 6.58 Å². The molecule has 4 nitrogen and oxygen atoms in total. The Bertz CT molecular complexity index is 662. The van der Waals surface area contributed by atoms with Crippen molar-refractivity contribution in [2.24, 2.45) is 0 Å². The molecule has 4 heteroatoms. The molecule has 22 heavy (non-hydrogen) atoms. The second kappa shape index (κ2) is 7.22. The van der Waals surface area contributed by atoms with E-state index in [2.05, 4.69) is 11.9 Å². The minimum Gasteiger partial charge on any atom is -0.480 e. The number of nitrogens with one attached hydrogen (secondary N) is 1. The van der Waals surface area contributed by atoms with Gasteiger partial charge in [0, 0.05) is 5.56 Å². The smallest absolute Gasteiger partial charge is 0.326 e. The van der Waals surface area contributed by atoms with Crippen molar-refractivity contribution in [3.63, 3.8) is 0 Å². The first-order valence-electron chi connectivity index (χ1n) is 6.92. The highest BCUT2D eigenvalue weighted by Gasteiger charge is 2.18. The third-order valence-electron chi connectivity index (χ3n) is 3.26. The van der Waals surface area contributed by atoms with Crippen molar-refractivity contribution < 1.29 is 14.7 Å². The van der Waals surface area contributed by atoms with Crippen molar-refractivity contribution in [3.8, 4) is 11.1 Å². The maximum absolute atomic E-state index is 12.1. The number of hydrogen-bond acceptors (Lipinski definition) is 2. The summed E-state index contributed by atoms with van der Waals surface area (Å²) in [6, 6.07) is 15.9. The van der Waals surface area contributed by atoms with Gasteiger partial charge in [0.1, 0.15) is 6.04 Å². The lowest BCUT2D eigenvalue weighted by Gasteiger charge is -2.12. The molecule has 0 saturated heterocycles. The summed E-state index contributed by atoms with van der Waals surface area (Å²) in [4.78, 5) is 23.1. The molecule has 0 fully saturated rings. The molecule has 0 spiro atoms. The van der Waals surface area contributed by atoms with Crippen LogP contribution in [0, 0.1) is 0 Å². The summed E-state index contributed by atoms with van der Waals surface area (Å²) in [6.45, 7) is 3.49. The normalized spacial score (nSPS) is 11.5. The summed E-state index contributed by atoms with van der Waals surface area (Å²) in [7, 11) is 0. The van der Waals surface area contributed by atoms with Crippen LogP contribution in [0.3, 0.4) is 0 Å². The fourth-order valence-corrected chi connectivity index (χ4v) is 2.07. The van der Waals surface area contributed by atoms with Crippen LogP contribution in [0.5, 0.6) is 0 Å². The quantitative estimate of drug-likeness (QED) is 0.805. The highest BCUT2D eigenvalue weighted by atomic mass is 16.4. The zero-order valence-electron chi connectivity index (χ0n) is 12.0. The van der Waals surface area contributed by atoms with Crippen LogP contribution in [0.15, 0.2) is 67.3 Å². The maximum atomic E-state index is 12.1. The predicted octanol–water partition coefficient (Wildman–Crippen LogP) is 3.11. The number of aliphatic carboxylic acids is 1. The second-order valence-corrected chi connectivity index (χ2v) is 4.83. The van der Waals surface area contributed by atoms with E-state index in [0.717, 1.165) is 11.1 Å². The predicted molar refractivity (Wildman–Crippen MR) is 85.6 cm³/mol. The fourth-order valence-electron chi connectivity index (χ4n) is 2.07. The van der Waals surface area contributed by atoms with Crippen LogP contribution in [-0.2, 0) is 4.79 Å².